The van der Waals surface area contributed by atoms with Crippen LogP contribution in [0.4, 0.5) is 0 Å². The van der Waals surface area contributed by atoms with E-state index in [1.54, 1.807) is 32.0 Å². The highest BCUT2D eigenvalue weighted by Gasteiger charge is 2.33. The SMILES string of the molecule is CCOC(=O)C(Sc1nc2c([nH]c3ccccc32)c(=O)n1-c1ccc(OC)c(OC)c1)C(=O)OCC. The molecule has 0 saturated carbocycles. The summed E-state index contributed by atoms with van der Waals surface area (Å²) in [4.78, 5) is 47.1. The van der Waals surface area contributed by atoms with Crippen LogP contribution in [0.25, 0.3) is 27.6 Å². The van der Waals surface area contributed by atoms with E-state index >= 15 is 0 Å². The van der Waals surface area contributed by atoms with Crippen molar-refractivity contribution in [1.29, 1.82) is 0 Å². The lowest BCUT2D eigenvalue weighted by Crippen LogP contribution is -2.32. The number of carbonyl (C=O) groups excluding carboxylic acids is 2. The Hall–Kier alpha value is -3.99. The first kappa shape index (κ1) is 25.1. The van der Waals surface area contributed by atoms with Gasteiger partial charge < -0.3 is 23.9 Å². The van der Waals surface area contributed by atoms with Gasteiger partial charge in [-0.3, -0.25) is 19.0 Å². The average Bonchev–Trinajstić information content (AvgIpc) is 3.26. The van der Waals surface area contributed by atoms with Gasteiger partial charge in [0.15, 0.2) is 16.7 Å². The molecule has 0 bridgehead atoms. The number of nitrogens with zero attached hydrogens (tertiary/aromatic N) is 2. The van der Waals surface area contributed by atoms with Gasteiger partial charge in [0.1, 0.15) is 11.0 Å². The van der Waals surface area contributed by atoms with Gasteiger partial charge in [0.05, 0.1) is 33.1 Å². The zero-order valence-electron chi connectivity index (χ0n) is 20.2. The number of benzene rings is 2. The number of thioether (sulfide) groups is 1. The second-order valence-corrected chi connectivity index (χ2v) is 8.54. The summed E-state index contributed by atoms with van der Waals surface area (Å²) in [6, 6.07) is 12.3. The fraction of sp³-hybridized carbons (Fsp3) is 0.280. The van der Waals surface area contributed by atoms with Crippen molar-refractivity contribution in [2.24, 2.45) is 0 Å². The van der Waals surface area contributed by atoms with Crippen molar-refractivity contribution < 1.29 is 28.5 Å². The molecule has 2 aromatic carbocycles. The van der Waals surface area contributed by atoms with Crippen LogP contribution in [0.1, 0.15) is 13.8 Å². The van der Waals surface area contributed by atoms with E-state index in [-0.39, 0.29) is 23.9 Å². The van der Waals surface area contributed by atoms with Crippen molar-refractivity contribution in [3.63, 3.8) is 0 Å². The molecule has 1 N–H and O–H groups in total. The maximum absolute atomic E-state index is 13.8. The molecule has 0 saturated heterocycles. The standard InChI is InChI=1S/C25H25N3O7S/c1-5-34-23(30)21(24(31)35-6-2)36-25-27-19-15-9-7-8-10-16(15)26-20(19)22(29)28(25)14-11-12-17(32-3)18(13-14)33-4/h7-13,21,26H,5-6H2,1-4H3. The van der Waals surface area contributed by atoms with Crippen molar-refractivity contribution >= 4 is 45.6 Å². The van der Waals surface area contributed by atoms with Crippen LogP contribution in [-0.2, 0) is 19.1 Å². The molecule has 36 heavy (non-hydrogen) atoms. The number of fused-ring (bicyclic) bond motifs is 3. The Labute approximate surface area is 210 Å². The van der Waals surface area contributed by atoms with Crippen LogP contribution in [0, 0.1) is 0 Å². The van der Waals surface area contributed by atoms with E-state index in [1.165, 1.54) is 18.8 Å². The Kier molecular flexibility index (Phi) is 7.49. The molecule has 11 heteroatoms. The largest absolute Gasteiger partial charge is 0.493 e. The molecule has 0 amide bonds. The zero-order chi connectivity index (χ0) is 25.8. The molecule has 4 aromatic rings. The highest BCUT2D eigenvalue weighted by atomic mass is 32.2. The predicted molar refractivity (Wildman–Crippen MR) is 135 cm³/mol. The van der Waals surface area contributed by atoms with E-state index in [4.69, 9.17) is 23.9 Å². The summed E-state index contributed by atoms with van der Waals surface area (Å²) in [6.45, 7) is 3.43. The van der Waals surface area contributed by atoms with E-state index < -0.39 is 22.7 Å². The van der Waals surface area contributed by atoms with Crippen LogP contribution in [0.2, 0.25) is 0 Å². The van der Waals surface area contributed by atoms with Gasteiger partial charge in [0.25, 0.3) is 5.56 Å². The maximum Gasteiger partial charge on any atom is 0.331 e. The first-order chi connectivity index (χ1) is 17.4. The van der Waals surface area contributed by atoms with Crippen LogP contribution < -0.4 is 15.0 Å². The van der Waals surface area contributed by atoms with Crippen molar-refractivity contribution in [1.82, 2.24) is 14.5 Å². The zero-order valence-corrected chi connectivity index (χ0v) is 21.0. The summed E-state index contributed by atoms with van der Waals surface area (Å²) in [5.74, 6) is -0.706. The Balaban J connectivity index is 1.98. The lowest BCUT2D eigenvalue weighted by Gasteiger charge is -2.17. The molecule has 0 spiro atoms. The Morgan fingerprint density at radius 1 is 1.00 bits per heavy atom. The lowest BCUT2D eigenvalue weighted by atomic mass is 10.2. The highest BCUT2D eigenvalue weighted by molar-refractivity contribution is 8.01. The molecule has 2 heterocycles. The topological polar surface area (TPSA) is 122 Å². The second kappa shape index (κ2) is 10.7. The van der Waals surface area contributed by atoms with Crippen molar-refractivity contribution in [2.45, 2.75) is 24.3 Å². The summed E-state index contributed by atoms with van der Waals surface area (Å²) in [6.07, 6.45) is 0. The summed E-state index contributed by atoms with van der Waals surface area (Å²) in [5, 5.41) is -0.545. The number of nitrogens with one attached hydrogen (secondary N) is 1. The number of methoxy groups -OCH3 is 2. The lowest BCUT2D eigenvalue weighted by molar-refractivity contribution is -0.152. The fourth-order valence-corrected chi connectivity index (χ4v) is 4.72. The molecule has 0 atom stereocenters. The Morgan fingerprint density at radius 3 is 2.31 bits per heavy atom. The Bertz CT molecular complexity index is 1480. The van der Waals surface area contributed by atoms with E-state index in [2.05, 4.69) is 4.98 Å². The number of aromatic nitrogens is 3. The Morgan fingerprint density at radius 2 is 1.67 bits per heavy atom. The summed E-state index contributed by atoms with van der Waals surface area (Å²) in [7, 11) is 2.99. The third-order valence-corrected chi connectivity index (χ3v) is 6.45. The number of aromatic amines is 1. The minimum Gasteiger partial charge on any atom is -0.493 e. The van der Waals surface area contributed by atoms with E-state index in [0.717, 1.165) is 22.7 Å². The molecular formula is C25H25N3O7S. The number of rotatable bonds is 9. The van der Waals surface area contributed by atoms with Crippen molar-refractivity contribution in [3.05, 3.63) is 52.8 Å². The molecule has 188 valence electrons. The van der Waals surface area contributed by atoms with E-state index in [0.29, 0.717) is 22.7 Å². The first-order valence-electron chi connectivity index (χ1n) is 11.2. The molecule has 0 unspecified atom stereocenters. The van der Waals surface area contributed by atoms with Gasteiger partial charge in [0, 0.05) is 17.0 Å². The van der Waals surface area contributed by atoms with E-state index in [1.807, 2.05) is 24.3 Å². The fourth-order valence-electron chi connectivity index (χ4n) is 3.75. The van der Waals surface area contributed by atoms with Crippen LogP contribution in [0.15, 0.2) is 52.4 Å². The molecular weight excluding hydrogens is 486 g/mol. The average molecular weight is 512 g/mol. The van der Waals surface area contributed by atoms with Crippen LogP contribution in [0.3, 0.4) is 0 Å². The number of hydrogen-bond donors (Lipinski definition) is 1. The molecule has 0 aliphatic rings. The molecule has 10 nitrogen and oxygen atoms in total. The number of H-pyrrole nitrogens is 1. The van der Waals surface area contributed by atoms with Crippen LogP contribution in [0.5, 0.6) is 11.5 Å². The van der Waals surface area contributed by atoms with Gasteiger partial charge >= 0.3 is 11.9 Å². The number of ether oxygens (including phenoxy) is 4. The number of para-hydroxylation sites is 1. The monoisotopic (exact) mass is 511 g/mol. The van der Waals surface area contributed by atoms with Crippen LogP contribution in [-0.4, -0.2) is 59.2 Å². The molecule has 0 aliphatic carbocycles. The van der Waals surface area contributed by atoms with Crippen LogP contribution >= 0.6 is 11.8 Å². The summed E-state index contributed by atoms with van der Waals surface area (Å²) >= 11 is 0.787. The number of hydrogen-bond acceptors (Lipinski definition) is 9. The van der Waals surface area contributed by atoms with Gasteiger partial charge in [-0.15, -0.1) is 0 Å². The summed E-state index contributed by atoms with van der Waals surface area (Å²) < 4.78 is 22.3. The second-order valence-electron chi connectivity index (χ2n) is 7.47. The third kappa shape index (κ3) is 4.61. The molecule has 0 aliphatic heterocycles. The minimum atomic E-state index is -1.38. The van der Waals surface area contributed by atoms with Gasteiger partial charge in [-0.2, -0.15) is 0 Å². The minimum absolute atomic E-state index is 0.0761. The molecule has 0 fully saturated rings. The van der Waals surface area contributed by atoms with Gasteiger partial charge in [-0.05, 0) is 32.0 Å². The van der Waals surface area contributed by atoms with Gasteiger partial charge in [0.2, 0.25) is 5.25 Å². The molecule has 4 rings (SSSR count). The summed E-state index contributed by atoms with van der Waals surface area (Å²) in [5.41, 5.74) is 1.41. The number of carbonyl (C=O) groups is 2. The third-order valence-electron chi connectivity index (χ3n) is 5.34. The molecule has 2 aromatic heterocycles. The van der Waals surface area contributed by atoms with Gasteiger partial charge in [-0.1, -0.05) is 30.0 Å². The predicted octanol–water partition coefficient (Wildman–Crippen LogP) is 3.47. The maximum atomic E-state index is 13.8. The van der Waals surface area contributed by atoms with E-state index in [9.17, 15) is 14.4 Å². The highest BCUT2D eigenvalue weighted by Crippen LogP contribution is 2.33. The van der Waals surface area contributed by atoms with Crippen molar-refractivity contribution in [2.75, 3.05) is 27.4 Å². The first-order valence-corrected chi connectivity index (χ1v) is 12.1. The number of esters is 2. The quantitative estimate of drug-likeness (QED) is 0.156. The smallest absolute Gasteiger partial charge is 0.331 e. The molecule has 0 radical (unpaired) electrons. The normalized spacial score (nSPS) is 11.1. The van der Waals surface area contributed by atoms with Crippen molar-refractivity contribution in [3.8, 4) is 17.2 Å². The van der Waals surface area contributed by atoms with Gasteiger partial charge in [-0.25, -0.2) is 4.98 Å².